The Labute approximate surface area is 203 Å². The molecule has 3 aromatic rings. The number of benzene rings is 2. The van der Waals surface area contributed by atoms with E-state index in [1.807, 2.05) is 5.10 Å². The number of halogens is 2. The maximum atomic E-state index is 14.8. The zero-order chi connectivity index (χ0) is 26.2. The maximum absolute atomic E-state index is 14.8. The second kappa shape index (κ2) is 9.60. The number of hydrogen-bond acceptors (Lipinski definition) is 7. The first kappa shape index (κ1) is 26.1. The number of sulfonamides is 1. The lowest BCUT2D eigenvalue weighted by molar-refractivity contribution is 0.0696. The number of primary amides is 1. The van der Waals surface area contributed by atoms with Gasteiger partial charge < -0.3 is 15.3 Å². The van der Waals surface area contributed by atoms with Crippen molar-refractivity contribution < 1.29 is 31.9 Å². The smallest absolute Gasteiger partial charge is 0.434 e. The van der Waals surface area contributed by atoms with E-state index in [1.54, 1.807) is 19.9 Å². The van der Waals surface area contributed by atoms with E-state index in [-0.39, 0.29) is 5.56 Å². The van der Waals surface area contributed by atoms with Crippen LogP contribution in [0.15, 0.2) is 38.4 Å². The van der Waals surface area contributed by atoms with E-state index in [1.165, 1.54) is 13.0 Å². The number of hydrogen-bond donors (Lipinski definition) is 4. The molecule has 5 N–H and O–H groups in total. The van der Waals surface area contributed by atoms with Gasteiger partial charge in [0.1, 0.15) is 11.9 Å². The molecule has 3 rings (SSSR count). The third-order valence-corrected chi connectivity index (χ3v) is 7.34. The van der Waals surface area contributed by atoms with Crippen LogP contribution < -0.4 is 16.2 Å². The Morgan fingerprint density at radius 3 is 2.46 bits per heavy atom. The molecule has 11 nitrogen and oxygen atoms in total. The number of amides is 1. The average molecular weight is 527 g/mol. The number of aromatic amines is 1. The van der Waals surface area contributed by atoms with E-state index in [2.05, 4.69) is 9.82 Å². The molecule has 0 spiro atoms. The van der Waals surface area contributed by atoms with Gasteiger partial charge in [0, 0.05) is 5.92 Å². The molecule has 14 heteroatoms. The predicted octanol–water partition coefficient (Wildman–Crippen LogP) is 2.39. The summed E-state index contributed by atoms with van der Waals surface area (Å²) in [6.45, 7) is 4.85. The molecule has 0 fully saturated rings. The number of carbonyl (C=O) groups is 2. The average Bonchev–Trinajstić information content (AvgIpc) is 3.20. The summed E-state index contributed by atoms with van der Waals surface area (Å²) in [5.41, 5.74) is 5.48. The van der Waals surface area contributed by atoms with Gasteiger partial charge in [0.15, 0.2) is 0 Å². The SMILES string of the molecule is Cc1ccc(F)c([C@@H](C)[C@H](NS(=O)(=O)c2cc(C(=O)O)c(Cl)cc2C(N)=O)c2n[nH]c(=O)o2)c1C. The maximum Gasteiger partial charge on any atom is 0.434 e. The Balaban J connectivity index is 2.21. The van der Waals surface area contributed by atoms with Crippen molar-refractivity contribution in [3.63, 3.8) is 0 Å². The molecule has 0 unspecified atom stereocenters. The van der Waals surface area contributed by atoms with E-state index >= 15 is 0 Å². The molecule has 35 heavy (non-hydrogen) atoms. The van der Waals surface area contributed by atoms with E-state index in [0.29, 0.717) is 11.6 Å². The third kappa shape index (κ3) is 5.11. The van der Waals surface area contributed by atoms with E-state index in [4.69, 9.17) is 21.8 Å². The van der Waals surface area contributed by atoms with Crippen molar-refractivity contribution >= 4 is 33.5 Å². The number of carbonyl (C=O) groups excluding carboxylic acids is 1. The molecule has 0 bridgehead atoms. The van der Waals surface area contributed by atoms with Crippen LogP contribution in [0.2, 0.25) is 5.02 Å². The van der Waals surface area contributed by atoms with Crippen LogP contribution in [0.1, 0.15) is 62.2 Å². The van der Waals surface area contributed by atoms with Gasteiger partial charge in [-0.3, -0.25) is 4.79 Å². The fourth-order valence-corrected chi connectivity index (χ4v) is 5.37. The van der Waals surface area contributed by atoms with Crippen molar-refractivity contribution in [2.45, 2.75) is 37.6 Å². The van der Waals surface area contributed by atoms with Crippen LogP contribution in [0.4, 0.5) is 4.39 Å². The first-order valence-corrected chi connectivity index (χ1v) is 11.8. The van der Waals surface area contributed by atoms with Crippen LogP contribution in [-0.4, -0.2) is 35.6 Å². The van der Waals surface area contributed by atoms with Crippen molar-refractivity contribution in [3.8, 4) is 0 Å². The van der Waals surface area contributed by atoms with Crippen molar-refractivity contribution in [1.29, 1.82) is 0 Å². The van der Waals surface area contributed by atoms with Gasteiger partial charge in [-0.15, -0.1) is 5.10 Å². The largest absolute Gasteiger partial charge is 0.478 e. The first-order valence-electron chi connectivity index (χ1n) is 9.94. The first-order chi connectivity index (χ1) is 16.2. The molecule has 0 saturated heterocycles. The summed E-state index contributed by atoms with van der Waals surface area (Å²) >= 11 is 5.87. The topological polar surface area (TPSA) is 185 Å². The molecule has 0 radical (unpaired) electrons. The summed E-state index contributed by atoms with van der Waals surface area (Å²) < 4.78 is 48.8. The minimum atomic E-state index is -4.75. The van der Waals surface area contributed by atoms with Crippen LogP contribution in [0.5, 0.6) is 0 Å². The highest BCUT2D eigenvalue weighted by molar-refractivity contribution is 7.89. The Morgan fingerprint density at radius 2 is 1.91 bits per heavy atom. The van der Waals surface area contributed by atoms with Crippen LogP contribution in [0, 0.1) is 19.7 Å². The van der Waals surface area contributed by atoms with E-state index in [0.717, 1.165) is 11.6 Å². The molecular formula is C21H20ClFN4O7S. The highest BCUT2D eigenvalue weighted by Crippen LogP contribution is 2.36. The zero-order valence-corrected chi connectivity index (χ0v) is 20.1. The summed E-state index contributed by atoms with van der Waals surface area (Å²) in [6, 6.07) is 2.80. The Kier molecular flexibility index (Phi) is 7.15. The molecule has 186 valence electrons. The number of aryl methyl sites for hydroxylation is 1. The van der Waals surface area contributed by atoms with Crippen molar-refractivity contribution in [1.82, 2.24) is 14.9 Å². The zero-order valence-electron chi connectivity index (χ0n) is 18.5. The number of nitrogens with one attached hydrogen (secondary N) is 2. The van der Waals surface area contributed by atoms with Crippen LogP contribution in [0.3, 0.4) is 0 Å². The second-order valence-corrected chi connectivity index (χ2v) is 9.83. The molecule has 0 aliphatic carbocycles. The van der Waals surface area contributed by atoms with Crippen LogP contribution in [-0.2, 0) is 10.0 Å². The normalized spacial score (nSPS) is 13.4. The fraction of sp³-hybridized carbons (Fsp3) is 0.238. The Morgan fingerprint density at radius 1 is 1.26 bits per heavy atom. The fourth-order valence-electron chi connectivity index (χ4n) is 3.63. The quantitative estimate of drug-likeness (QED) is 0.344. The van der Waals surface area contributed by atoms with Gasteiger partial charge in [-0.1, -0.05) is 24.6 Å². The summed E-state index contributed by atoms with van der Waals surface area (Å²) in [5.74, 6) is -5.78. The molecule has 2 atom stereocenters. The standard InChI is InChI=1S/C21H20ClFN4O7S/c1-8-4-5-14(23)16(9(8)2)10(3)17(19-25-26-21(31)34-19)27-35(32,33)15-7-11(20(29)30)13(22)6-12(15)18(24)28/h4-7,10,17,27H,1-3H3,(H2,24,28)(H,26,31)(H,29,30)/t10-,17+/m1/s1. The van der Waals surface area contributed by atoms with Gasteiger partial charge in [0.2, 0.25) is 21.8 Å². The van der Waals surface area contributed by atoms with Gasteiger partial charge in [-0.25, -0.2) is 27.5 Å². The van der Waals surface area contributed by atoms with Crippen molar-refractivity contribution in [2.75, 3.05) is 0 Å². The highest BCUT2D eigenvalue weighted by atomic mass is 35.5. The minimum Gasteiger partial charge on any atom is -0.478 e. The van der Waals surface area contributed by atoms with Crippen LogP contribution in [0.25, 0.3) is 0 Å². The Hall–Kier alpha value is -3.55. The molecular weight excluding hydrogens is 507 g/mol. The summed E-state index contributed by atoms with van der Waals surface area (Å²) in [4.78, 5) is 34.3. The molecule has 1 amide bonds. The Bertz CT molecular complexity index is 1500. The summed E-state index contributed by atoms with van der Waals surface area (Å²) in [6.07, 6.45) is 0. The molecule has 1 heterocycles. The molecule has 1 aromatic heterocycles. The number of nitrogens with zero attached hydrogens (tertiary/aromatic N) is 1. The summed E-state index contributed by atoms with van der Waals surface area (Å²) in [5, 5.41) is 14.6. The van der Waals surface area contributed by atoms with Gasteiger partial charge in [0.05, 0.1) is 21.0 Å². The van der Waals surface area contributed by atoms with Crippen molar-refractivity contribution in [2.24, 2.45) is 5.73 Å². The number of rotatable bonds is 8. The number of carboxylic acid groups (broad SMARTS) is 1. The molecule has 0 aliphatic heterocycles. The lowest BCUT2D eigenvalue weighted by Gasteiger charge is -2.25. The van der Waals surface area contributed by atoms with E-state index in [9.17, 15) is 32.3 Å². The lowest BCUT2D eigenvalue weighted by Crippen LogP contribution is -2.34. The molecule has 2 aromatic carbocycles. The predicted molar refractivity (Wildman–Crippen MR) is 121 cm³/mol. The van der Waals surface area contributed by atoms with Crippen LogP contribution >= 0.6 is 11.6 Å². The number of aromatic carboxylic acids is 1. The molecule has 0 aliphatic rings. The number of aromatic nitrogens is 2. The van der Waals surface area contributed by atoms with Crippen molar-refractivity contribution in [3.05, 3.63) is 79.4 Å². The monoisotopic (exact) mass is 526 g/mol. The number of carboxylic acids is 1. The molecule has 0 saturated carbocycles. The van der Waals surface area contributed by atoms with Gasteiger partial charge in [0.25, 0.3) is 0 Å². The highest BCUT2D eigenvalue weighted by Gasteiger charge is 2.35. The number of nitrogens with two attached hydrogens (primary N) is 1. The lowest BCUT2D eigenvalue weighted by atomic mass is 9.88. The second-order valence-electron chi connectivity index (χ2n) is 7.74. The van der Waals surface area contributed by atoms with E-state index < -0.39 is 72.4 Å². The third-order valence-electron chi connectivity index (χ3n) is 5.55. The van der Waals surface area contributed by atoms with Gasteiger partial charge >= 0.3 is 11.7 Å². The van der Waals surface area contributed by atoms with Gasteiger partial charge in [-0.05, 0) is 48.7 Å². The number of H-pyrrole nitrogens is 1. The summed E-state index contributed by atoms with van der Waals surface area (Å²) in [7, 11) is -4.75. The van der Waals surface area contributed by atoms with Gasteiger partial charge in [-0.2, -0.15) is 4.72 Å². The minimum absolute atomic E-state index is 0.126.